The number of hydrogen-bond donors (Lipinski definition) is 2. The number of amides is 1. The summed E-state index contributed by atoms with van der Waals surface area (Å²) in [4.78, 5) is 25.6. The number of thiazole rings is 1. The van der Waals surface area contributed by atoms with E-state index in [0.717, 1.165) is 55.1 Å². The van der Waals surface area contributed by atoms with E-state index in [0.29, 0.717) is 10.9 Å². The van der Waals surface area contributed by atoms with Crippen LogP contribution >= 0.6 is 11.3 Å². The third-order valence-corrected chi connectivity index (χ3v) is 8.08. The van der Waals surface area contributed by atoms with Crippen molar-refractivity contribution in [1.82, 2.24) is 19.4 Å². The number of likely N-dealkylation sites (tertiary alicyclic amines) is 1. The molecule has 3 heterocycles. The van der Waals surface area contributed by atoms with Gasteiger partial charge in [-0.2, -0.15) is 0 Å². The second-order valence-electron chi connectivity index (χ2n) is 9.80. The first-order valence-electron chi connectivity index (χ1n) is 12.4. The van der Waals surface area contributed by atoms with Gasteiger partial charge in [-0.25, -0.2) is 9.97 Å². The number of carbonyl (C=O) groups is 1. The maximum absolute atomic E-state index is 13.1. The first kappa shape index (κ1) is 23.2. The lowest BCUT2D eigenvalue weighted by atomic mass is 9.89. The molecule has 2 aromatic heterocycles. The average molecular weight is 479 g/mol. The minimum absolute atomic E-state index is 0.142. The molecule has 0 radical (unpaired) electrons. The van der Waals surface area contributed by atoms with Gasteiger partial charge in [-0.3, -0.25) is 9.69 Å². The molecule has 3 aromatic rings. The van der Waals surface area contributed by atoms with Crippen molar-refractivity contribution in [2.45, 2.75) is 70.4 Å². The first-order chi connectivity index (χ1) is 16.5. The molecule has 2 fully saturated rings. The molecular formula is C26H34N6OS. The van der Waals surface area contributed by atoms with Crippen LogP contribution in [0, 0.1) is 6.92 Å². The molecule has 1 aliphatic heterocycles. The average Bonchev–Trinajstić information content (AvgIpc) is 3.49. The molecule has 1 atom stereocenters. The third kappa shape index (κ3) is 5.56. The Bertz CT molecular complexity index is 1130. The molecule has 34 heavy (non-hydrogen) atoms. The molecule has 5 rings (SSSR count). The summed E-state index contributed by atoms with van der Waals surface area (Å²) in [6.45, 7) is 4.73. The largest absolute Gasteiger partial charge is 0.327 e. The Labute approximate surface area is 205 Å². The maximum atomic E-state index is 13.1. The lowest BCUT2D eigenvalue weighted by molar-refractivity contribution is 0.102. The Morgan fingerprint density at radius 2 is 2.00 bits per heavy atom. The predicted molar refractivity (Wildman–Crippen MR) is 137 cm³/mol. The zero-order chi connectivity index (χ0) is 23.5. The minimum atomic E-state index is -0.142. The number of rotatable bonds is 6. The molecule has 1 amide bonds. The zero-order valence-corrected chi connectivity index (χ0v) is 20.7. The van der Waals surface area contributed by atoms with Gasteiger partial charge in [0.1, 0.15) is 0 Å². The Balaban J connectivity index is 1.36. The van der Waals surface area contributed by atoms with Crippen molar-refractivity contribution in [3.63, 3.8) is 0 Å². The SMILES string of the molecule is Cc1cn(-c2cc(CN3CCC[C@H](N)C3)cc(NC(=O)c3ncc(C4CCCCC4)s3)c2)cn1. The van der Waals surface area contributed by atoms with Crippen LogP contribution in [0.1, 0.15) is 76.8 Å². The fraction of sp³-hybridized carbons (Fsp3) is 0.500. The lowest BCUT2D eigenvalue weighted by Gasteiger charge is -2.30. The van der Waals surface area contributed by atoms with Crippen LogP contribution in [-0.4, -0.2) is 44.5 Å². The molecule has 0 unspecified atom stereocenters. The summed E-state index contributed by atoms with van der Waals surface area (Å²) in [5.74, 6) is 0.417. The number of nitrogens with one attached hydrogen (secondary N) is 1. The summed E-state index contributed by atoms with van der Waals surface area (Å²) in [7, 11) is 0. The topological polar surface area (TPSA) is 89.1 Å². The highest BCUT2D eigenvalue weighted by atomic mass is 32.1. The summed E-state index contributed by atoms with van der Waals surface area (Å²) in [6.07, 6.45) is 14.2. The highest BCUT2D eigenvalue weighted by Crippen LogP contribution is 2.35. The van der Waals surface area contributed by atoms with Crippen LogP contribution in [0.15, 0.2) is 36.9 Å². The van der Waals surface area contributed by atoms with Crippen molar-refractivity contribution < 1.29 is 4.79 Å². The van der Waals surface area contributed by atoms with Gasteiger partial charge in [0.05, 0.1) is 12.0 Å². The number of anilines is 1. The number of nitrogens with two attached hydrogens (primary N) is 1. The van der Waals surface area contributed by atoms with Crippen molar-refractivity contribution in [2.24, 2.45) is 5.73 Å². The smallest absolute Gasteiger partial charge is 0.284 e. The fourth-order valence-electron chi connectivity index (χ4n) is 5.19. The Hall–Kier alpha value is -2.55. The van der Waals surface area contributed by atoms with Gasteiger partial charge in [-0.15, -0.1) is 11.3 Å². The second kappa shape index (κ2) is 10.4. The van der Waals surface area contributed by atoms with E-state index < -0.39 is 0 Å². The van der Waals surface area contributed by atoms with E-state index in [9.17, 15) is 4.79 Å². The van der Waals surface area contributed by atoms with Crippen LogP contribution in [-0.2, 0) is 6.54 Å². The van der Waals surface area contributed by atoms with Gasteiger partial charge in [0, 0.05) is 47.8 Å². The van der Waals surface area contributed by atoms with Gasteiger partial charge in [0.15, 0.2) is 5.01 Å². The van der Waals surface area contributed by atoms with Crippen molar-refractivity contribution in [3.8, 4) is 5.69 Å². The second-order valence-corrected chi connectivity index (χ2v) is 10.9. The lowest BCUT2D eigenvalue weighted by Crippen LogP contribution is -2.42. The molecule has 1 aromatic carbocycles. The van der Waals surface area contributed by atoms with Crippen LogP contribution in [0.5, 0.6) is 0 Å². The summed E-state index contributed by atoms with van der Waals surface area (Å²) < 4.78 is 2.00. The summed E-state index contributed by atoms with van der Waals surface area (Å²) in [6, 6.07) is 6.47. The van der Waals surface area contributed by atoms with Crippen LogP contribution in [0.2, 0.25) is 0 Å². The number of imidazole rings is 1. The zero-order valence-electron chi connectivity index (χ0n) is 19.9. The van der Waals surface area contributed by atoms with Gasteiger partial charge in [0.2, 0.25) is 0 Å². The van der Waals surface area contributed by atoms with E-state index in [4.69, 9.17) is 5.73 Å². The van der Waals surface area contributed by atoms with E-state index >= 15 is 0 Å². The molecule has 8 heteroatoms. The van der Waals surface area contributed by atoms with Crippen LogP contribution in [0.25, 0.3) is 5.69 Å². The molecular weight excluding hydrogens is 444 g/mol. The molecule has 1 saturated heterocycles. The van der Waals surface area contributed by atoms with Gasteiger partial charge >= 0.3 is 0 Å². The van der Waals surface area contributed by atoms with Crippen LogP contribution in [0.4, 0.5) is 5.69 Å². The predicted octanol–water partition coefficient (Wildman–Crippen LogP) is 4.86. The van der Waals surface area contributed by atoms with E-state index in [1.807, 2.05) is 36.3 Å². The minimum Gasteiger partial charge on any atom is -0.327 e. The van der Waals surface area contributed by atoms with E-state index in [2.05, 4.69) is 32.3 Å². The first-order valence-corrected chi connectivity index (χ1v) is 13.2. The van der Waals surface area contributed by atoms with Gasteiger partial charge in [-0.05, 0) is 68.8 Å². The third-order valence-electron chi connectivity index (χ3n) is 6.92. The van der Waals surface area contributed by atoms with Crippen molar-refractivity contribution in [2.75, 3.05) is 18.4 Å². The van der Waals surface area contributed by atoms with Crippen molar-refractivity contribution >= 4 is 22.9 Å². The molecule has 1 saturated carbocycles. The molecule has 0 spiro atoms. The normalized spacial score (nSPS) is 19.9. The number of benzene rings is 1. The maximum Gasteiger partial charge on any atom is 0.284 e. The van der Waals surface area contributed by atoms with Crippen LogP contribution in [0.3, 0.4) is 0 Å². The van der Waals surface area contributed by atoms with E-state index in [-0.39, 0.29) is 11.9 Å². The number of piperidine rings is 1. The quantitative estimate of drug-likeness (QED) is 0.528. The Kier molecular flexibility index (Phi) is 7.08. The van der Waals surface area contributed by atoms with Crippen molar-refractivity contribution in [1.29, 1.82) is 0 Å². The standard InChI is InChI=1S/C26H34N6OS/c1-18-14-32(17-29-18)23-11-19(15-31-9-5-8-21(27)16-31)10-22(12-23)30-25(33)26-28-13-24(34-26)20-6-3-2-4-7-20/h10-14,17,20-21H,2-9,15-16,27H2,1H3,(H,30,33)/t21-/m0/s1. The van der Waals surface area contributed by atoms with Gasteiger partial charge in [-0.1, -0.05) is 19.3 Å². The molecule has 2 aliphatic rings. The Morgan fingerprint density at radius 3 is 2.76 bits per heavy atom. The summed E-state index contributed by atoms with van der Waals surface area (Å²) >= 11 is 1.54. The van der Waals surface area contributed by atoms with Crippen LogP contribution < -0.4 is 11.1 Å². The summed E-state index contributed by atoms with van der Waals surface area (Å²) in [5, 5.41) is 3.65. The van der Waals surface area contributed by atoms with Gasteiger partial charge < -0.3 is 15.6 Å². The monoisotopic (exact) mass is 478 g/mol. The van der Waals surface area contributed by atoms with E-state index in [1.165, 1.54) is 37.0 Å². The highest BCUT2D eigenvalue weighted by Gasteiger charge is 2.21. The fourth-order valence-corrected chi connectivity index (χ4v) is 6.17. The Morgan fingerprint density at radius 1 is 1.15 bits per heavy atom. The molecule has 1 aliphatic carbocycles. The number of carbonyl (C=O) groups excluding carboxylic acids is 1. The number of nitrogens with zero attached hydrogens (tertiary/aromatic N) is 4. The van der Waals surface area contributed by atoms with Crippen molar-refractivity contribution in [3.05, 3.63) is 58.1 Å². The van der Waals surface area contributed by atoms with E-state index in [1.54, 1.807) is 11.3 Å². The number of aromatic nitrogens is 3. The molecule has 180 valence electrons. The number of hydrogen-bond acceptors (Lipinski definition) is 6. The number of aryl methyl sites for hydroxylation is 1. The van der Waals surface area contributed by atoms with Gasteiger partial charge in [0.25, 0.3) is 5.91 Å². The summed E-state index contributed by atoms with van der Waals surface area (Å²) in [5.41, 5.74) is 10.1. The molecule has 7 nitrogen and oxygen atoms in total. The highest BCUT2D eigenvalue weighted by molar-refractivity contribution is 7.13. The molecule has 0 bridgehead atoms. The molecule has 3 N–H and O–H groups in total.